The molecule has 0 N–H and O–H groups in total. The van der Waals surface area contributed by atoms with Crippen LogP contribution in [0.5, 0.6) is 0 Å². The Balaban J connectivity index is 2.01. The number of hydrogen-bond donors (Lipinski definition) is 1. The van der Waals surface area contributed by atoms with Gasteiger partial charge in [0.25, 0.3) is 0 Å². The highest BCUT2D eigenvalue weighted by molar-refractivity contribution is 7.81. The Morgan fingerprint density at radius 1 is 1.43 bits per heavy atom. The van der Waals surface area contributed by atoms with Crippen LogP contribution in [0.3, 0.4) is 0 Å². The Hall–Kier alpha value is -1.17. The maximum atomic E-state index is 11.6. The van der Waals surface area contributed by atoms with Crippen LogP contribution in [0.1, 0.15) is 24.7 Å². The molecule has 0 radical (unpaired) electrons. The highest BCUT2D eigenvalue weighted by Crippen LogP contribution is 2.22. The van der Waals surface area contributed by atoms with Gasteiger partial charge in [0.1, 0.15) is 5.82 Å². The second kappa shape index (κ2) is 8.62. The molecule has 1 aromatic heterocycles. The van der Waals surface area contributed by atoms with Gasteiger partial charge in [-0.1, -0.05) is 29.3 Å². The zero-order valence-corrected chi connectivity index (χ0v) is 15.1. The number of rotatable bonds is 7. The number of halogens is 2. The van der Waals surface area contributed by atoms with Gasteiger partial charge in [-0.2, -0.15) is 12.6 Å². The van der Waals surface area contributed by atoms with Crippen molar-refractivity contribution in [1.82, 2.24) is 9.55 Å². The maximum absolute atomic E-state index is 11.6. The summed E-state index contributed by atoms with van der Waals surface area (Å²) in [4.78, 5) is 15.9. The number of carbonyl (C=O) groups excluding carboxylic acids is 1. The molecule has 0 aliphatic carbocycles. The minimum absolute atomic E-state index is 0.297. The van der Waals surface area contributed by atoms with Crippen molar-refractivity contribution in [3.05, 3.63) is 52.0 Å². The average molecular weight is 373 g/mol. The quantitative estimate of drug-likeness (QED) is 0.589. The Kier molecular flexibility index (Phi) is 6.81. The van der Waals surface area contributed by atoms with Crippen LogP contribution in [0.15, 0.2) is 30.6 Å². The van der Waals surface area contributed by atoms with E-state index in [4.69, 9.17) is 27.9 Å². The van der Waals surface area contributed by atoms with Gasteiger partial charge in [0, 0.05) is 28.9 Å². The van der Waals surface area contributed by atoms with E-state index in [9.17, 15) is 4.79 Å². The van der Waals surface area contributed by atoms with Crippen molar-refractivity contribution in [3.63, 3.8) is 0 Å². The SMILES string of the molecule is CCOC(=O)C(S)CCc1nccn1Cc1ccc(Cl)cc1Cl. The lowest BCUT2D eigenvalue weighted by molar-refractivity contribution is -0.142. The third kappa shape index (κ3) is 5.16. The van der Waals surface area contributed by atoms with E-state index in [2.05, 4.69) is 17.6 Å². The summed E-state index contributed by atoms with van der Waals surface area (Å²) in [5.41, 5.74) is 0.961. The zero-order valence-electron chi connectivity index (χ0n) is 12.7. The van der Waals surface area contributed by atoms with Gasteiger partial charge >= 0.3 is 5.97 Å². The van der Waals surface area contributed by atoms with Gasteiger partial charge in [-0.15, -0.1) is 0 Å². The molecule has 0 amide bonds. The van der Waals surface area contributed by atoms with Gasteiger partial charge in [0.2, 0.25) is 0 Å². The smallest absolute Gasteiger partial charge is 0.318 e. The van der Waals surface area contributed by atoms with E-state index in [-0.39, 0.29) is 5.97 Å². The van der Waals surface area contributed by atoms with Crippen LogP contribution in [0.25, 0.3) is 0 Å². The Bertz CT molecular complexity index is 676. The van der Waals surface area contributed by atoms with E-state index < -0.39 is 5.25 Å². The monoisotopic (exact) mass is 372 g/mol. The summed E-state index contributed by atoms with van der Waals surface area (Å²) in [7, 11) is 0. The fourth-order valence-electron chi connectivity index (χ4n) is 2.17. The van der Waals surface area contributed by atoms with Crippen molar-refractivity contribution in [2.24, 2.45) is 0 Å². The van der Waals surface area contributed by atoms with Crippen LogP contribution in [0, 0.1) is 0 Å². The topological polar surface area (TPSA) is 44.1 Å². The lowest BCUT2D eigenvalue weighted by Crippen LogP contribution is -2.19. The van der Waals surface area contributed by atoms with E-state index in [1.807, 2.05) is 22.9 Å². The van der Waals surface area contributed by atoms with E-state index in [0.29, 0.717) is 36.0 Å². The van der Waals surface area contributed by atoms with Crippen molar-refractivity contribution in [1.29, 1.82) is 0 Å². The number of esters is 1. The number of benzene rings is 1. The molecule has 4 nitrogen and oxygen atoms in total. The first-order chi connectivity index (χ1) is 11.0. The Labute approximate surface area is 151 Å². The van der Waals surface area contributed by atoms with E-state index in [1.54, 1.807) is 19.2 Å². The minimum Gasteiger partial charge on any atom is -0.465 e. The highest BCUT2D eigenvalue weighted by Gasteiger charge is 2.16. The molecule has 7 heteroatoms. The number of nitrogens with zero attached hydrogens (tertiary/aromatic N) is 2. The molecular formula is C16H18Cl2N2O2S. The Morgan fingerprint density at radius 3 is 2.91 bits per heavy atom. The van der Waals surface area contributed by atoms with Gasteiger partial charge in [0.05, 0.1) is 18.4 Å². The molecule has 1 unspecified atom stereocenters. The number of imidazole rings is 1. The predicted molar refractivity (Wildman–Crippen MR) is 95.5 cm³/mol. The lowest BCUT2D eigenvalue weighted by Gasteiger charge is -2.12. The largest absolute Gasteiger partial charge is 0.465 e. The van der Waals surface area contributed by atoms with Gasteiger partial charge in [-0.3, -0.25) is 4.79 Å². The van der Waals surface area contributed by atoms with Crippen molar-refractivity contribution in [3.8, 4) is 0 Å². The predicted octanol–water partition coefficient (Wildman–Crippen LogP) is 4.03. The number of aryl methyl sites for hydroxylation is 1. The van der Waals surface area contributed by atoms with Gasteiger partial charge in [-0.05, 0) is 31.0 Å². The molecule has 0 aliphatic heterocycles. The summed E-state index contributed by atoms with van der Waals surface area (Å²) in [6, 6.07) is 5.43. The fourth-order valence-corrected chi connectivity index (χ4v) is 2.84. The molecule has 124 valence electrons. The molecule has 23 heavy (non-hydrogen) atoms. The normalized spacial score (nSPS) is 12.2. The van der Waals surface area contributed by atoms with Crippen LogP contribution < -0.4 is 0 Å². The molecule has 1 atom stereocenters. The number of ether oxygens (including phenoxy) is 1. The number of hydrogen-bond acceptors (Lipinski definition) is 4. The third-order valence-electron chi connectivity index (χ3n) is 3.36. The summed E-state index contributed by atoms with van der Waals surface area (Å²) < 4.78 is 6.95. The summed E-state index contributed by atoms with van der Waals surface area (Å²) in [6.07, 6.45) is 4.81. The highest BCUT2D eigenvalue weighted by atomic mass is 35.5. The molecule has 1 heterocycles. The average Bonchev–Trinajstić information content (AvgIpc) is 2.95. The fraction of sp³-hybridized carbons (Fsp3) is 0.375. The standard InChI is InChI=1S/C16H18Cl2N2O2S/c1-2-22-16(21)14(23)5-6-15-19-7-8-20(15)10-11-3-4-12(17)9-13(11)18/h3-4,7-9,14,23H,2,5-6,10H2,1H3. The zero-order chi connectivity index (χ0) is 16.8. The molecule has 0 aliphatic rings. The van der Waals surface area contributed by atoms with Crippen LogP contribution in [0.2, 0.25) is 10.0 Å². The van der Waals surface area contributed by atoms with Gasteiger partial charge < -0.3 is 9.30 Å². The molecular weight excluding hydrogens is 355 g/mol. The van der Waals surface area contributed by atoms with E-state index in [0.717, 1.165) is 11.4 Å². The van der Waals surface area contributed by atoms with Crippen molar-refractivity contribution >= 4 is 41.8 Å². The third-order valence-corrected chi connectivity index (χ3v) is 4.41. The van der Waals surface area contributed by atoms with Crippen LogP contribution in [-0.2, 0) is 22.5 Å². The summed E-state index contributed by atoms with van der Waals surface area (Å²) in [5, 5.41) is 0.784. The number of aromatic nitrogens is 2. The molecule has 0 saturated heterocycles. The van der Waals surface area contributed by atoms with Crippen LogP contribution in [0.4, 0.5) is 0 Å². The molecule has 0 saturated carbocycles. The van der Waals surface area contributed by atoms with Crippen molar-refractivity contribution in [2.45, 2.75) is 31.6 Å². The van der Waals surface area contributed by atoms with E-state index >= 15 is 0 Å². The summed E-state index contributed by atoms with van der Waals surface area (Å²) >= 11 is 16.4. The van der Waals surface area contributed by atoms with Crippen LogP contribution >= 0.6 is 35.8 Å². The van der Waals surface area contributed by atoms with Gasteiger partial charge in [0.15, 0.2) is 0 Å². The van der Waals surface area contributed by atoms with Crippen molar-refractivity contribution < 1.29 is 9.53 Å². The first kappa shape index (κ1) is 18.2. The number of carbonyl (C=O) groups is 1. The first-order valence-electron chi connectivity index (χ1n) is 7.30. The van der Waals surface area contributed by atoms with E-state index in [1.165, 1.54) is 0 Å². The molecule has 2 aromatic rings. The first-order valence-corrected chi connectivity index (χ1v) is 8.57. The second-order valence-electron chi connectivity index (χ2n) is 5.01. The van der Waals surface area contributed by atoms with Gasteiger partial charge in [-0.25, -0.2) is 4.98 Å². The van der Waals surface area contributed by atoms with Crippen molar-refractivity contribution in [2.75, 3.05) is 6.61 Å². The molecule has 0 spiro atoms. The maximum Gasteiger partial charge on any atom is 0.318 e. The molecule has 0 bridgehead atoms. The second-order valence-corrected chi connectivity index (χ2v) is 6.48. The van der Waals surface area contributed by atoms with Crippen LogP contribution in [-0.4, -0.2) is 27.4 Å². The lowest BCUT2D eigenvalue weighted by atomic mass is 10.2. The summed E-state index contributed by atoms with van der Waals surface area (Å²) in [6.45, 7) is 2.74. The molecule has 2 rings (SSSR count). The Morgan fingerprint density at radius 2 is 2.22 bits per heavy atom. The number of thiol groups is 1. The minimum atomic E-state index is -0.445. The summed E-state index contributed by atoms with van der Waals surface area (Å²) in [5.74, 6) is 0.578. The molecule has 0 fully saturated rings. The molecule has 1 aromatic carbocycles.